The Morgan fingerprint density at radius 3 is 1.26 bits per heavy atom. The molecule has 2 aliphatic carbocycles. The van der Waals surface area contributed by atoms with Gasteiger partial charge in [0.2, 0.25) is 11.8 Å². The van der Waals surface area contributed by atoms with Gasteiger partial charge >= 0.3 is 0 Å². The molecular weight excluding hydrogens is 983 g/mol. The smallest absolute Gasteiger partial charge is 0.215 e. The van der Waals surface area contributed by atoms with E-state index in [0.717, 1.165) is 0 Å². The van der Waals surface area contributed by atoms with E-state index in [0.29, 0.717) is 34.4 Å². The summed E-state index contributed by atoms with van der Waals surface area (Å²) in [6, 6.07) is 35.2. The first kappa shape index (κ1) is 38.2. The molecule has 8 rings (SSSR count). The third kappa shape index (κ3) is 10.7. The average molecular weight is 1010 g/mol. The van der Waals surface area contributed by atoms with Crippen LogP contribution in [-0.2, 0) is 67.8 Å². The molecule has 0 radical (unpaired) electrons. The van der Waals surface area contributed by atoms with Gasteiger partial charge in [-0.1, -0.05) is 23.6 Å². The molecule has 0 bridgehead atoms. The van der Waals surface area contributed by atoms with Crippen molar-refractivity contribution in [2.75, 3.05) is 0 Å². The first-order valence-corrected chi connectivity index (χ1v) is 16.0. The maximum absolute atomic E-state index is 6.94. The van der Waals surface area contributed by atoms with Crippen molar-refractivity contribution in [3.8, 4) is 46.5 Å². The molecule has 4 aromatic heterocycles. The van der Waals surface area contributed by atoms with Crippen LogP contribution in [0.25, 0.3) is 11.1 Å². The monoisotopic (exact) mass is 1010 g/mol. The van der Waals surface area contributed by atoms with Crippen molar-refractivity contribution in [1.82, 2.24) is 19.1 Å². The van der Waals surface area contributed by atoms with Crippen molar-refractivity contribution >= 4 is 0 Å². The van der Waals surface area contributed by atoms with E-state index in [4.69, 9.17) is 22.3 Å². The number of aromatic nitrogens is 4. The van der Waals surface area contributed by atoms with Crippen molar-refractivity contribution in [1.29, 1.82) is 0 Å². The summed E-state index contributed by atoms with van der Waals surface area (Å²) in [5.41, 5.74) is 6.99. The molecule has 0 aliphatic heterocycles. The second-order valence-corrected chi connectivity index (χ2v) is 11.3. The van der Waals surface area contributed by atoms with E-state index < -0.39 is 0 Å². The van der Waals surface area contributed by atoms with Crippen molar-refractivity contribution < 1.29 is 51.6 Å². The second-order valence-electron chi connectivity index (χ2n) is 11.3. The Labute approximate surface area is 323 Å². The number of hydrogen-bond donors (Lipinski definition) is 0. The van der Waals surface area contributed by atoms with Crippen LogP contribution in [0.5, 0.6) is 23.3 Å². The van der Waals surface area contributed by atoms with Gasteiger partial charge in [0.05, 0.1) is 0 Å². The Morgan fingerprint density at radius 1 is 0.560 bits per heavy atom. The van der Waals surface area contributed by atoms with Gasteiger partial charge in [-0.25, -0.2) is 22.1 Å². The van der Waals surface area contributed by atoms with Gasteiger partial charge in [-0.3, -0.25) is 12.1 Å². The molecule has 0 amide bonds. The van der Waals surface area contributed by atoms with Crippen LogP contribution < -0.4 is 9.47 Å². The van der Waals surface area contributed by atoms with Gasteiger partial charge in [-0.15, -0.1) is 0 Å². The molecule has 0 fully saturated rings. The molecule has 0 saturated heterocycles. The molecule has 258 valence electrons. The maximum atomic E-state index is 6.94. The molecule has 0 N–H and O–H groups in total. The number of pyridine rings is 2. The molecular formula is C42H32N4O2Pt2-6. The van der Waals surface area contributed by atoms with E-state index in [1.54, 1.807) is 57.9 Å². The minimum atomic E-state index is 0. The van der Waals surface area contributed by atoms with Crippen LogP contribution in [0.2, 0.25) is 0 Å². The van der Waals surface area contributed by atoms with E-state index in [-0.39, 0.29) is 42.1 Å². The number of rotatable bonds is 5. The number of ether oxygens (including phenoxy) is 2. The molecule has 4 heterocycles. The molecule has 6 nitrogen and oxygen atoms in total. The average Bonchev–Trinajstić information content (AvgIpc) is 3.78. The van der Waals surface area contributed by atoms with E-state index >= 15 is 0 Å². The number of benzene rings is 2. The summed E-state index contributed by atoms with van der Waals surface area (Å²) in [6.45, 7) is 0. The number of nitrogens with zero attached hydrogens (tertiary/aromatic N) is 4. The fraction of sp³-hybridized carbons (Fsp3) is 0.190. The Hall–Kier alpha value is -4.60. The van der Waals surface area contributed by atoms with Gasteiger partial charge in [0.15, 0.2) is 0 Å². The summed E-state index contributed by atoms with van der Waals surface area (Å²) >= 11 is 0. The quantitative estimate of drug-likeness (QED) is 0.129. The molecule has 2 aromatic carbocycles. The predicted molar refractivity (Wildman–Crippen MR) is 183 cm³/mol. The van der Waals surface area contributed by atoms with Crippen molar-refractivity contribution in [3.05, 3.63) is 157 Å². The van der Waals surface area contributed by atoms with Crippen LogP contribution in [0.4, 0.5) is 0 Å². The normalized spacial score (nSPS) is 12.2. The second kappa shape index (κ2) is 19.6. The van der Waals surface area contributed by atoms with E-state index in [2.05, 4.69) is 46.3 Å². The number of hydrogen-bond acceptors (Lipinski definition) is 4. The molecule has 2 aliphatic rings. The van der Waals surface area contributed by atoms with Crippen molar-refractivity contribution in [3.63, 3.8) is 0 Å². The molecule has 0 unspecified atom stereocenters. The zero-order chi connectivity index (χ0) is 33.0. The minimum Gasteiger partial charge on any atom is -0.669 e. The molecule has 8 heteroatoms. The summed E-state index contributed by atoms with van der Waals surface area (Å²) in [7, 11) is 0. The molecule has 0 spiro atoms. The first-order valence-electron chi connectivity index (χ1n) is 16.0. The van der Waals surface area contributed by atoms with Gasteiger partial charge in [0.25, 0.3) is 0 Å². The van der Waals surface area contributed by atoms with Crippen LogP contribution in [0, 0.1) is 49.2 Å². The van der Waals surface area contributed by atoms with Gasteiger partial charge < -0.3 is 66.8 Å². The fourth-order valence-corrected chi connectivity index (χ4v) is 5.60. The predicted octanol–water partition coefficient (Wildman–Crippen LogP) is 8.45. The van der Waals surface area contributed by atoms with Crippen LogP contribution in [0.3, 0.4) is 0 Å². The van der Waals surface area contributed by atoms with Gasteiger partial charge in [0, 0.05) is 91.4 Å². The zero-order valence-electron chi connectivity index (χ0n) is 27.1. The molecule has 0 atom stereocenters. The summed E-state index contributed by atoms with van der Waals surface area (Å²) in [5.74, 6) is 2.08. The van der Waals surface area contributed by atoms with E-state index in [9.17, 15) is 0 Å². The van der Waals surface area contributed by atoms with Gasteiger partial charge in [0.1, 0.15) is 0 Å². The van der Waals surface area contributed by atoms with Gasteiger partial charge in [-0.2, -0.15) is 12.1 Å². The Balaban J connectivity index is 0.000000193. The third-order valence-electron chi connectivity index (χ3n) is 7.92. The fourth-order valence-electron chi connectivity index (χ4n) is 5.60. The molecule has 50 heavy (non-hydrogen) atoms. The van der Waals surface area contributed by atoms with E-state index in [1.165, 1.54) is 73.6 Å². The minimum absolute atomic E-state index is 0. The van der Waals surface area contributed by atoms with Crippen molar-refractivity contribution in [2.24, 2.45) is 0 Å². The Morgan fingerprint density at radius 2 is 0.940 bits per heavy atom. The zero-order valence-corrected chi connectivity index (χ0v) is 31.7. The van der Waals surface area contributed by atoms with Crippen LogP contribution in [0.1, 0.15) is 47.9 Å². The van der Waals surface area contributed by atoms with Crippen molar-refractivity contribution in [2.45, 2.75) is 51.4 Å². The largest absolute Gasteiger partial charge is 0.669 e. The summed E-state index contributed by atoms with van der Waals surface area (Å²) in [5, 5.41) is 0. The van der Waals surface area contributed by atoms with Crippen LogP contribution >= 0.6 is 0 Å². The number of fused-ring (bicyclic) bond motifs is 2. The molecule has 0 saturated carbocycles. The standard InChI is InChI=1S/C22H12N2O2.2C10H10N.2Pt/c1-3-13-23-21(11-1)25-19-9-5-7-17(15-19)18-8-6-10-20(16-18)26-22-12-2-4-14-24-22;2*1-2-11-7-9-5-3-4-6-10(9)8-11;;/h1-6,9-14H;2*7-8H,3-6H2;;/q-4;2*-1;;. The van der Waals surface area contributed by atoms with E-state index in [1.807, 2.05) is 49.1 Å². The Kier molecular flexibility index (Phi) is 14.9. The van der Waals surface area contributed by atoms with Crippen LogP contribution in [-0.4, -0.2) is 19.1 Å². The first-order chi connectivity index (χ1) is 23.7. The third-order valence-corrected chi connectivity index (χ3v) is 7.92. The summed E-state index contributed by atoms with van der Waals surface area (Å²) in [6.07, 6.45) is 35.2. The molecule has 6 aromatic rings. The number of aryl methyl sites for hydroxylation is 4. The maximum Gasteiger partial charge on any atom is 0.215 e. The Bertz CT molecular complexity index is 1830. The summed E-state index contributed by atoms with van der Waals surface area (Å²) < 4.78 is 14.9. The summed E-state index contributed by atoms with van der Waals surface area (Å²) in [4.78, 5) is 8.28. The SMILES string of the molecule is [C-]#Cn1cc2c(c1)CCCC2.[C-]#Cn1cc2c(c1)CCCC2.[Pt].[Pt].[c-]1ccc(Oc2ccccn2)[c-]c1-c1[c-]ccc(Oc2ccccn2)[c-]1. The van der Waals surface area contributed by atoms with Crippen LogP contribution in [0.15, 0.2) is 97.8 Å². The van der Waals surface area contributed by atoms with Gasteiger partial charge in [-0.05, 0) is 85.8 Å². The topological polar surface area (TPSA) is 54.1 Å².